The minimum atomic E-state index is -0.366. The van der Waals surface area contributed by atoms with Crippen LogP contribution in [-0.4, -0.2) is 14.5 Å². The standard InChI is InChI=1S/C12H12ClN3O2/c1-9-10(3-2-4-11(9)16(17)18)8-15-6-5-14-12(15)7-13/h2-6H,7-8H2,1H3. The van der Waals surface area contributed by atoms with E-state index in [0.717, 1.165) is 11.4 Å². The topological polar surface area (TPSA) is 61.0 Å². The van der Waals surface area contributed by atoms with Gasteiger partial charge in [-0.25, -0.2) is 4.98 Å². The third kappa shape index (κ3) is 2.36. The molecule has 0 bridgehead atoms. The van der Waals surface area contributed by atoms with E-state index in [0.29, 0.717) is 18.0 Å². The molecular formula is C12H12ClN3O2. The molecule has 0 atom stereocenters. The number of rotatable bonds is 4. The summed E-state index contributed by atoms with van der Waals surface area (Å²) in [6, 6.07) is 5.08. The molecule has 2 aromatic rings. The number of alkyl halides is 1. The fourth-order valence-electron chi connectivity index (χ4n) is 1.84. The lowest BCUT2D eigenvalue weighted by atomic mass is 10.1. The number of halogens is 1. The lowest BCUT2D eigenvalue weighted by Crippen LogP contribution is -2.05. The van der Waals surface area contributed by atoms with Crippen molar-refractivity contribution < 1.29 is 4.92 Å². The molecule has 0 saturated carbocycles. The Balaban J connectivity index is 2.35. The smallest absolute Gasteiger partial charge is 0.272 e. The Morgan fingerprint density at radius 1 is 1.50 bits per heavy atom. The normalized spacial score (nSPS) is 10.6. The second-order valence-corrected chi connectivity index (χ2v) is 4.19. The van der Waals surface area contributed by atoms with Crippen molar-refractivity contribution in [2.45, 2.75) is 19.3 Å². The highest BCUT2D eigenvalue weighted by Gasteiger charge is 2.13. The van der Waals surface area contributed by atoms with Gasteiger partial charge in [-0.05, 0) is 12.5 Å². The van der Waals surface area contributed by atoms with Crippen molar-refractivity contribution >= 4 is 17.3 Å². The van der Waals surface area contributed by atoms with E-state index < -0.39 is 0 Å². The summed E-state index contributed by atoms with van der Waals surface area (Å²) >= 11 is 5.77. The van der Waals surface area contributed by atoms with E-state index in [1.54, 1.807) is 19.2 Å². The molecule has 0 unspecified atom stereocenters. The second-order valence-electron chi connectivity index (χ2n) is 3.92. The Morgan fingerprint density at radius 2 is 2.28 bits per heavy atom. The van der Waals surface area contributed by atoms with Crippen molar-refractivity contribution in [3.8, 4) is 0 Å². The van der Waals surface area contributed by atoms with Crippen molar-refractivity contribution in [3.05, 3.63) is 57.7 Å². The summed E-state index contributed by atoms with van der Waals surface area (Å²) in [5, 5.41) is 10.9. The van der Waals surface area contributed by atoms with Crippen LogP contribution in [0.3, 0.4) is 0 Å². The Kier molecular flexibility index (Phi) is 3.62. The van der Waals surface area contributed by atoms with Gasteiger partial charge in [-0.2, -0.15) is 0 Å². The van der Waals surface area contributed by atoms with Gasteiger partial charge in [0.25, 0.3) is 5.69 Å². The summed E-state index contributed by atoms with van der Waals surface area (Å²) in [5.41, 5.74) is 1.71. The molecular weight excluding hydrogens is 254 g/mol. The summed E-state index contributed by atoms with van der Waals surface area (Å²) < 4.78 is 1.89. The van der Waals surface area contributed by atoms with Crippen molar-refractivity contribution in [1.29, 1.82) is 0 Å². The maximum absolute atomic E-state index is 10.9. The molecule has 1 aromatic carbocycles. The van der Waals surface area contributed by atoms with E-state index >= 15 is 0 Å². The fraction of sp³-hybridized carbons (Fsp3) is 0.250. The summed E-state index contributed by atoms with van der Waals surface area (Å²) in [7, 11) is 0. The van der Waals surface area contributed by atoms with Gasteiger partial charge in [0, 0.05) is 30.6 Å². The lowest BCUT2D eigenvalue weighted by molar-refractivity contribution is -0.385. The molecule has 1 heterocycles. The van der Waals surface area contributed by atoms with Gasteiger partial charge in [-0.1, -0.05) is 12.1 Å². The molecule has 0 aliphatic rings. The average Bonchev–Trinajstić information content (AvgIpc) is 2.78. The number of aromatic nitrogens is 2. The van der Waals surface area contributed by atoms with Gasteiger partial charge in [0.1, 0.15) is 5.82 Å². The Labute approximate surface area is 109 Å². The molecule has 18 heavy (non-hydrogen) atoms. The number of imidazole rings is 1. The number of benzene rings is 1. The number of nitro groups is 1. The minimum absolute atomic E-state index is 0.139. The van der Waals surface area contributed by atoms with E-state index in [4.69, 9.17) is 11.6 Å². The van der Waals surface area contributed by atoms with Gasteiger partial charge in [-0.3, -0.25) is 10.1 Å². The molecule has 0 spiro atoms. The first-order valence-electron chi connectivity index (χ1n) is 5.42. The van der Waals surface area contributed by atoms with Gasteiger partial charge >= 0.3 is 0 Å². The molecule has 0 aliphatic heterocycles. The summed E-state index contributed by atoms with van der Waals surface area (Å²) in [4.78, 5) is 14.6. The summed E-state index contributed by atoms with van der Waals surface area (Å²) in [5.74, 6) is 1.07. The molecule has 1 aromatic heterocycles. The van der Waals surface area contributed by atoms with E-state index in [1.165, 1.54) is 6.07 Å². The number of nitro benzene ring substituents is 1. The number of nitrogens with zero attached hydrogens (tertiary/aromatic N) is 3. The van der Waals surface area contributed by atoms with E-state index in [9.17, 15) is 10.1 Å². The predicted molar refractivity (Wildman–Crippen MR) is 68.7 cm³/mol. The highest BCUT2D eigenvalue weighted by molar-refractivity contribution is 6.16. The molecule has 0 N–H and O–H groups in total. The SMILES string of the molecule is Cc1c(Cn2ccnc2CCl)cccc1[N+](=O)[O-]. The Bertz CT molecular complexity index is 580. The highest BCUT2D eigenvalue weighted by atomic mass is 35.5. The van der Waals surface area contributed by atoms with Gasteiger partial charge < -0.3 is 4.57 Å². The zero-order valence-electron chi connectivity index (χ0n) is 9.84. The quantitative estimate of drug-likeness (QED) is 0.485. The van der Waals surface area contributed by atoms with Crippen LogP contribution in [0.2, 0.25) is 0 Å². The first-order chi connectivity index (χ1) is 8.63. The van der Waals surface area contributed by atoms with Crippen molar-refractivity contribution in [2.24, 2.45) is 0 Å². The lowest BCUT2D eigenvalue weighted by Gasteiger charge is -2.09. The average molecular weight is 266 g/mol. The maximum Gasteiger partial charge on any atom is 0.272 e. The Morgan fingerprint density at radius 3 is 2.94 bits per heavy atom. The van der Waals surface area contributed by atoms with Crippen LogP contribution in [0.25, 0.3) is 0 Å². The molecule has 2 rings (SSSR count). The third-order valence-corrected chi connectivity index (χ3v) is 3.12. The monoisotopic (exact) mass is 265 g/mol. The van der Waals surface area contributed by atoms with Gasteiger partial charge in [-0.15, -0.1) is 11.6 Å². The second kappa shape index (κ2) is 5.18. The van der Waals surface area contributed by atoms with Crippen molar-refractivity contribution in [1.82, 2.24) is 9.55 Å². The van der Waals surface area contributed by atoms with Gasteiger partial charge in [0.05, 0.1) is 10.8 Å². The zero-order valence-corrected chi connectivity index (χ0v) is 10.6. The van der Waals surface area contributed by atoms with Gasteiger partial charge in [0.15, 0.2) is 0 Å². The largest absolute Gasteiger partial charge is 0.329 e. The minimum Gasteiger partial charge on any atom is -0.329 e. The van der Waals surface area contributed by atoms with Gasteiger partial charge in [0.2, 0.25) is 0 Å². The maximum atomic E-state index is 10.9. The van der Waals surface area contributed by atoms with Crippen molar-refractivity contribution in [3.63, 3.8) is 0 Å². The van der Waals surface area contributed by atoms with Crippen molar-refractivity contribution in [2.75, 3.05) is 0 Å². The van der Waals surface area contributed by atoms with Crippen LogP contribution < -0.4 is 0 Å². The van der Waals surface area contributed by atoms with Crippen LogP contribution in [0.15, 0.2) is 30.6 Å². The predicted octanol–water partition coefficient (Wildman–Crippen LogP) is 2.89. The zero-order chi connectivity index (χ0) is 13.1. The third-order valence-electron chi connectivity index (χ3n) is 2.88. The fourth-order valence-corrected chi connectivity index (χ4v) is 2.06. The number of hydrogen-bond donors (Lipinski definition) is 0. The molecule has 5 nitrogen and oxygen atoms in total. The van der Waals surface area contributed by atoms with Crippen LogP contribution in [-0.2, 0) is 12.4 Å². The molecule has 0 aliphatic carbocycles. The van der Waals surface area contributed by atoms with Crippen LogP contribution in [0.1, 0.15) is 17.0 Å². The summed E-state index contributed by atoms with van der Waals surface area (Å²) in [6.45, 7) is 2.29. The Hall–Kier alpha value is -1.88. The van der Waals surface area contributed by atoms with Crippen LogP contribution in [0.5, 0.6) is 0 Å². The van der Waals surface area contributed by atoms with E-state index in [1.807, 2.05) is 16.8 Å². The number of hydrogen-bond acceptors (Lipinski definition) is 3. The molecule has 0 amide bonds. The molecule has 6 heteroatoms. The first-order valence-corrected chi connectivity index (χ1v) is 5.95. The highest BCUT2D eigenvalue weighted by Crippen LogP contribution is 2.22. The van der Waals surface area contributed by atoms with Crippen LogP contribution in [0, 0.1) is 17.0 Å². The van der Waals surface area contributed by atoms with E-state index in [2.05, 4.69) is 4.98 Å². The van der Waals surface area contributed by atoms with E-state index in [-0.39, 0.29) is 10.6 Å². The molecule has 0 radical (unpaired) electrons. The van der Waals surface area contributed by atoms with Crippen LogP contribution >= 0.6 is 11.6 Å². The first kappa shape index (κ1) is 12.6. The van der Waals surface area contributed by atoms with Crippen LogP contribution in [0.4, 0.5) is 5.69 Å². The molecule has 94 valence electrons. The summed E-state index contributed by atoms with van der Waals surface area (Å²) in [6.07, 6.45) is 3.49. The molecule has 0 saturated heterocycles. The molecule has 0 fully saturated rings.